The van der Waals surface area contributed by atoms with Crippen LogP contribution in [0.3, 0.4) is 0 Å². The van der Waals surface area contributed by atoms with Crippen molar-refractivity contribution in [2.24, 2.45) is 0 Å². The van der Waals surface area contributed by atoms with Gasteiger partial charge >= 0.3 is 5.97 Å². The molecule has 2 aromatic carbocycles. The van der Waals surface area contributed by atoms with Gasteiger partial charge in [-0.05, 0) is 61.9 Å². The summed E-state index contributed by atoms with van der Waals surface area (Å²) in [5, 5.41) is 2.29. The summed E-state index contributed by atoms with van der Waals surface area (Å²) in [6, 6.07) is 13.4. The third-order valence-electron chi connectivity index (χ3n) is 4.64. The lowest BCUT2D eigenvalue weighted by Gasteiger charge is -2.15. The van der Waals surface area contributed by atoms with Crippen molar-refractivity contribution in [3.8, 4) is 0 Å². The number of nitrogens with zero attached hydrogens (tertiary/aromatic N) is 1. The topological polar surface area (TPSA) is 92.8 Å². The quantitative estimate of drug-likeness (QED) is 0.492. The van der Waals surface area contributed by atoms with Gasteiger partial charge in [0.1, 0.15) is 0 Å². The van der Waals surface area contributed by atoms with Gasteiger partial charge in [-0.2, -0.15) is 0 Å². The van der Waals surface area contributed by atoms with Crippen LogP contribution < -0.4 is 10.2 Å². The number of hydrogen-bond acceptors (Lipinski definition) is 6. The minimum atomic E-state index is -0.530. The standard InChI is InChI=1S/C23H24N2O5S/c1-3-5-20(26)24-16-8-12-18(13-9-16)31-19-14-21(27)25(22(19)28)17-10-6-15(7-11-17)23(29)30-4-2/h6-13,19H,3-5,14H2,1-2H3,(H,24,26). The zero-order valence-corrected chi connectivity index (χ0v) is 18.2. The Morgan fingerprint density at radius 1 is 1.06 bits per heavy atom. The van der Waals surface area contributed by atoms with Crippen LogP contribution in [0.25, 0.3) is 0 Å². The molecule has 0 bridgehead atoms. The number of esters is 1. The molecule has 1 N–H and O–H groups in total. The Hall–Kier alpha value is -3.13. The van der Waals surface area contributed by atoms with Crippen molar-refractivity contribution in [2.45, 2.75) is 43.3 Å². The van der Waals surface area contributed by atoms with Crippen LogP contribution in [0, 0.1) is 0 Å². The van der Waals surface area contributed by atoms with Crippen LogP contribution in [0.1, 0.15) is 43.5 Å². The van der Waals surface area contributed by atoms with Crippen molar-refractivity contribution in [3.63, 3.8) is 0 Å². The fourth-order valence-electron chi connectivity index (χ4n) is 3.16. The minimum absolute atomic E-state index is 0.0379. The molecule has 1 aliphatic rings. The first-order valence-corrected chi connectivity index (χ1v) is 11.0. The molecule has 0 spiro atoms. The number of benzene rings is 2. The zero-order chi connectivity index (χ0) is 22.4. The molecule has 1 unspecified atom stereocenters. The maximum absolute atomic E-state index is 12.9. The normalized spacial score (nSPS) is 15.8. The number of anilines is 2. The first-order valence-electron chi connectivity index (χ1n) is 10.1. The van der Waals surface area contributed by atoms with E-state index >= 15 is 0 Å². The summed E-state index contributed by atoms with van der Waals surface area (Å²) in [6.45, 7) is 3.94. The van der Waals surface area contributed by atoms with Gasteiger partial charge in [0.25, 0.3) is 0 Å². The minimum Gasteiger partial charge on any atom is -0.462 e. The van der Waals surface area contributed by atoms with E-state index in [1.54, 1.807) is 43.3 Å². The summed E-state index contributed by atoms with van der Waals surface area (Å²) in [5.74, 6) is -1.06. The molecule has 1 saturated heterocycles. The fourth-order valence-corrected chi connectivity index (χ4v) is 4.21. The molecule has 162 valence electrons. The Morgan fingerprint density at radius 2 is 1.74 bits per heavy atom. The number of imide groups is 1. The average Bonchev–Trinajstić information content (AvgIpc) is 3.03. The molecule has 1 heterocycles. The lowest BCUT2D eigenvalue weighted by atomic mass is 10.2. The first kappa shape index (κ1) is 22.6. The van der Waals surface area contributed by atoms with Crippen LogP contribution in [0.2, 0.25) is 0 Å². The van der Waals surface area contributed by atoms with Gasteiger partial charge in [-0.1, -0.05) is 6.92 Å². The molecule has 3 rings (SSSR count). The molecular formula is C23H24N2O5S. The molecular weight excluding hydrogens is 416 g/mol. The van der Waals surface area contributed by atoms with Crippen LogP contribution in [0.4, 0.5) is 11.4 Å². The summed E-state index contributed by atoms with van der Waals surface area (Å²) in [5.41, 5.74) is 1.49. The largest absolute Gasteiger partial charge is 0.462 e. The van der Waals surface area contributed by atoms with Gasteiger partial charge in [0.15, 0.2) is 0 Å². The molecule has 1 aliphatic heterocycles. The van der Waals surface area contributed by atoms with Gasteiger partial charge in [-0.3, -0.25) is 14.4 Å². The van der Waals surface area contributed by atoms with Crippen molar-refractivity contribution in [1.82, 2.24) is 0 Å². The van der Waals surface area contributed by atoms with E-state index in [2.05, 4.69) is 5.32 Å². The van der Waals surface area contributed by atoms with Crippen LogP contribution >= 0.6 is 11.8 Å². The van der Waals surface area contributed by atoms with Crippen LogP contribution in [-0.4, -0.2) is 35.5 Å². The van der Waals surface area contributed by atoms with Crippen LogP contribution in [0.5, 0.6) is 0 Å². The van der Waals surface area contributed by atoms with E-state index in [-0.39, 0.29) is 30.7 Å². The highest BCUT2D eigenvalue weighted by molar-refractivity contribution is 8.00. The highest BCUT2D eigenvalue weighted by Crippen LogP contribution is 2.34. The number of amides is 3. The molecule has 1 fully saturated rings. The van der Waals surface area contributed by atoms with Gasteiger partial charge in [0, 0.05) is 23.4 Å². The van der Waals surface area contributed by atoms with Crippen molar-refractivity contribution in [2.75, 3.05) is 16.8 Å². The SMILES string of the molecule is CCCC(=O)Nc1ccc(SC2CC(=O)N(c3ccc(C(=O)OCC)cc3)C2=O)cc1. The Bertz CT molecular complexity index is 972. The Kier molecular flexibility index (Phi) is 7.46. The summed E-state index contributed by atoms with van der Waals surface area (Å²) in [4.78, 5) is 50.8. The van der Waals surface area contributed by atoms with Crippen LogP contribution in [0.15, 0.2) is 53.4 Å². The smallest absolute Gasteiger partial charge is 0.338 e. The third-order valence-corrected chi connectivity index (χ3v) is 5.83. The molecule has 8 heteroatoms. The van der Waals surface area contributed by atoms with E-state index in [0.717, 1.165) is 16.2 Å². The third kappa shape index (κ3) is 5.52. The Balaban J connectivity index is 1.65. The summed E-state index contributed by atoms with van der Waals surface area (Å²) in [6.07, 6.45) is 1.34. The van der Waals surface area contributed by atoms with E-state index in [9.17, 15) is 19.2 Å². The summed E-state index contributed by atoms with van der Waals surface area (Å²) < 4.78 is 4.95. The lowest BCUT2D eigenvalue weighted by molar-refractivity contribution is -0.121. The van der Waals surface area contributed by atoms with Gasteiger partial charge < -0.3 is 10.1 Å². The molecule has 31 heavy (non-hydrogen) atoms. The number of thioether (sulfide) groups is 1. The molecule has 1 atom stereocenters. The molecule has 2 aromatic rings. The average molecular weight is 441 g/mol. The molecule has 0 aliphatic carbocycles. The van der Waals surface area contributed by atoms with E-state index in [0.29, 0.717) is 23.4 Å². The lowest BCUT2D eigenvalue weighted by Crippen LogP contribution is -2.31. The van der Waals surface area contributed by atoms with Gasteiger partial charge in [0.05, 0.1) is 23.1 Å². The Morgan fingerprint density at radius 3 is 2.35 bits per heavy atom. The number of carbonyl (C=O) groups excluding carboxylic acids is 4. The van der Waals surface area contributed by atoms with E-state index < -0.39 is 11.2 Å². The van der Waals surface area contributed by atoms with E-state index in [1.165, 1.54) is 11.8 Å². The van der Waals surface area contributed by atoms with Gasteiger partial charge in [-0.25, -0.2) is 9.69 Å². The fraction of sp³-hybridized carbons (Fsp3) is 0.304. The van der Waals surface area contributed by atoms with Crippen molar-refractivity contribution < 1.29 is 23.9 Å². The zero-order valence-electron chi connectivity index (χ0n) is 17.4. The summed E-state index contributed by atoms with van der Waals surface area (Å²) >= 11 is 1.32. The number of hydrogen-bond donors (Lipinski definition) is 1. The second-order valence-electron chi connectivity index (χ2n) is 6.97. The van der Waals surface area contributed by atoms with Crippen molar-refractivity contribution >= 4 is 46.8 Å². The van der Waals surface area contributed by atoms with Crippen LogP contribution in [-0.2, 0) is 19.1 Å². The number of nitrogens with one attached hydrogen (secondary N) is 1. The van der Waals surface area contributed by atoms with E-state index in [4.69, 9.17) is 4.74 Å². The molecule has 0 saturated carbocycles. The maximum Gasteiger partial charge on any atom is 0.338 e. The number of carbonyl (C=O) groups is 4. The highest BCUT2D eigenvalue weighted by Gasteiger charge is 2.40. The Labute approximate surface area is 185 Å². The number of ether oxygens (including phenoxy) is 1. The van der Waals surface area contributed by atoms with E-state index in [1.807, 2.05) is 19.1 Å². The predicted molar refractivity (Wildman–Crippen MR) is 119 cm³/mol. The maximum atomic E-state index is 12.9. The van der Waals surface area contributed by atoms with Crippen molar-refractivity contribution in [3.05, 3.63) is 54.1 Å². The highest BCUT2D eigenvalue weighted by atomic mass is 32.2. The molecule has 0 radical (unpaired) electrons. The molecule has 7 nitrogen and oxygen atoms in total. The summed E-state index contributed by atoms with van der Waals surface area (Å²) in [7, 11) is 0. The van der Waals surface area contributed by atoms with Gasteiger partial charge in [0.2, 0.25) is 17.7 Å². The van der Waals surface area contributed by atoms with Gasteiger partial charge in [-0.15, -0.1) is 11.8 Å². The molecule has 3 amide bonds. The van der Waals surface area contributed by atoms with Crippen molar-refractivity contribution in [1.29, 1.82) is 0 Å². The second-order valence-corrected chi connectivity index (χ2v) is 8.24. The monoisotopic (exact) mass is 440 g/mol. The first-order chi connectivity index (χ1) is 14.9. The molecule has 0 aromatic heterocycles. The number of rotatable bonds is 8. The second kappa shape index (κ2) is 10.3. The predicted octanol–water partition coefficient (Wildman–Crippen LogP) is 4.03.